The molecule has 0 aliphatic heterocycles. The third-order valence-electron chi connectivity index (χ3n) is 2.41. The summed E-state index contributed by atoms with van der Waals surface area (Å²) in [7, 11) is -3.58. The summed E-state index contributed by atoms with van der Waals surface area (Å²) in [6, 6.07) is 6.47. The van der Waals surface area contributed by atoms with Crippen LogP contribution >= 0.6 is 11.8 Å². The van der Waals surface area contributed by atoms with Crippen LogP contribution in [0.2, 0.25) is 0 Å². The van der Waals surface area contributed by atoms with Gasteiger partial charge >= 0.3 is 0 Å². The number of nitrogens with one attached hydrogen (secondary N) is 1. The average molecular weight is 313 g/mol. The van der Waals surface area contributed by atoms with Crippen LogP contribution in [0.1, 0.15) is 18.9 Å². The largest absolute Gasteiger partial charge is 0.395 e. The Labute approximate surface area is 125 Å². The van der Waals surface area contributed by atoms with Gasteiger partial charge in [-0.2, -0.15) is 11.8 Å². The molecule has 0 amide bonds. The normalized spacial score (nSPS) is 12.6. The van der Waals surface area contributed by atoms with E-state index in [1.807, 2.05) is 13.2 Å². The number of benzene rings is 1. The maximum atomic E-state index is 12.3. The van der Waals surface area contributed by atoms with Crippen molar-refractivity contribution in [3.8, 4) is 11.8 Å². The molecule has 1 atom stereocenters. The molecule has 0 saturated carbocycles. The van der Waals surface area contributed by atoms with Gasteiger partial charge in [0.25, 0.3) is 0 Å². The molecule has 1 rings (SSSR count). The summed E-state index contributed by atoms with van der Waals surface area (Å²) in [6.45, 7) is 1.79. The topological polar surface area (TPSA) is 66.4 Å². The first-order valence-corrected chi connectivity index (χ1v) is 9.09. The number of hydrogen-bond donors (Lipinski definition) is 2. The summed E-state index contributed by atoms with van der Waals surface area (Å²) >= 11 is 1.58. The van der Waals surface area contributed by atoms with Crippen molar-refractivity contribution in [2.45, 2.75) is 24.3 Å². The second-order valence-corrected chi connectivity index (χ2v) is 6.84. The zero-order valence-corrected chi connectivity index (χ0v) is 13.2. The molecule has 0 aliphatic carbocycles. The van der Waals surface area contributed by atoms with Crippen LogP contribution in [0.5, 0.6) is 0 Å². The average Bonchev–Trinajstić information content (AvgIpc) is 2.39. The molecule has 0 fully saturated rings. The number of aliphatic hydroxyl groups excluding tert-OH is 1. The van der Waals surface area contributed by atoms with E-state index in [2.05, 4.69) is 16.6 Å². The van der Waals surface area contributed by atoms with E-state index in [0.717, 1.165) is 0 Å². The predicted octanol–water partition coefficient (Wildman–Crippen LogP) is 1.45. The van der Waals surface area contributed by atoms with Gasteiger partial charge in [-0.25, -0.2) is 13.1 Å². The van der Waals surface area contributed by atoms with Crippen molar-refractivity contribution in [3.05, 3.63) is 29.8 Å². The summed E-state index contributed by atoms with van der Waals surface area (Å²) in [5, 5.41) is 8.72. The Bertz CT molecular complexity index is 588. The lowest BCUT2D eigenvalue weighted by atomic mass is 10.2. The predicted molar refractivity (Wildman–Crippen MR) is 83.2 cm³/mol. The van der Waals surface area contributed by atoms with Gasteiger partial charge < -0.3 is 5.11 Å². The first-order valence-electron chi connectivity index (χ1n) is 6.21. The van der Waals surface area contributed by atoms with Crippen LogP contribution in [0.4, 0.5) is 0 Å². The molecule has 20 heavy (non-hydrogen) atoms. The third kappa shape index (κ3) is 5.17. The molecule has 1 aromatic rings. The summed E-state index contributed by atoms with van der Waals surface area (Å²) < 4.78 is 27.3. The van der Waals surface area contributed by atoms with Crippen LogP contribution in [0.3, 0.4) is 0 Å². The van der Waals surface area contributed by atoms with Crippen LogP contribution < -0.4 is 4.72 Å². The van der Waals surface area contributed by atoms with Crippen LogP contribution in [0.25, 0.3) is 0 Å². The first-order chi connectivity index (χ1) is 9.51. The smallest absolute Gasteiger partial charge is 0.242 e. The molecule has 1 aromatic carbocycles. The molecule has 0 aliphatic rings. The molecule has 2 N–H and O–H groups in total. The van der Waals surface area contributed by atoms with Crippen molar-refractivity contribution in [1.82, 2.24) is 4.72 Å². The fourth-order valence-corrected chi connectivity index (χ4v) is 3.73. The van der Waals surface area contributed by atoms with E-state index < -0.39 is 10.0 Å². The minimum Gasteiger partial charge on any atom is -0.395 e. The van der Waals surface area contributed by atoms with Gasteiger partial charge in [-0.3, -0.25) is 0 Å². The van der Waals surface area contributed by atoms with Gasteiger partial charge in [0.1, 0.15) is 0 Å². The highest BCUT2D eigenvalue weighted by Gasteiger charge is 2.19. The van der Waals surface area contributed by atoms with Crippen molar-refractivity contribution in [1.29, 1.82) is 0 Å². The zero-order chi connectivity index (χ0) is 15.0. The van der Waals surface area contributed by atoms with Crippen molar-refractivity contribution in [2.75, 3.05) is 18.6 Å². The minimum absolute atomic E-state index is 0.0368. The van der Waals surface area contributed by atoms with Crippen molar-refractivity contribution in [2.24, 2.45) is 0 Å². The highest BCUT2D eigenvalue weighted by molar-refractivity contribution is 7.98. The second kappa shape index (κ2) is 8.32. The van der Waals surface area contributed by atoms with Gasteiger partial charge in [0.05, 0.1) is 11.5 Å². The van der Waals surface area contributed by atoms with Crippen LogP contribution in [-0.2, 0) is 10.0 Å². The number of aliphatic hydroxyl groups is 1. The Balaban J connectivity index is 3.04. The molecular formula is C14H19NO3S2. The Morgan fingerprint density at radius 3 is 2.75 bits per heavy atom. The monoisotopic (exact) mass is 313 g/mol. The molecule has 110 valence electrons. The molecule has 4 nitrogen and oxygen atoms in total. The molecule has 0 spiro atoms. The maximum Gasteiger partial charge on any atom is 0.242 e. The van der Waals surface area contributed by atoms with Crippen LogP contribution in [-0.4, -0.2) is 38.2 Å². The van der Waals surface area contributed by atoms with Gasteiger partial charge in [0, 0.05) is 23.8 Å². The molecule has 0 saturated heterocycles. The standard InChI is InChI=1S/C14H19NO3S2/c1-12(11-19-2)15-20(17,18)14-9-4-3-7-13(14)8-5-6-10-16/h3-4,7,9,12,15-16H,6,10-11H2,1-2H3. The van der Waals surface area contributed by atoms with E-state index in [4.69, 9.17) is 5.11 Å². The number of sulfonamides is 1. The van der Waals surface area contributed by atoms with E-state index in [0.29, 0.717) is 17.7 Å². The van der Waals surface area contributed by atoms with Crippen molar-refractivity contribution >= 4 is 21.8 Å². The van der Waals surface area contributed by atoms with E-state index in [-0.39, 0.29) is 17.5 Å². The summed E-state index contributed by atoms with van der Waals surface area (Å²) in [5.74, 6) is 6.24. The Morgan fingerprint density at radius 2 is 2.10 bits per heavy atom. The molecule has 1 unspecified atom stereocenters. The molecule has 0 radical (unpaired) electrons. The number of thioether (sulfide) groups is 1. The lowest BCUT2D eigenvalue weighted by Crippen LogP contribution is -2.34. The quantitative estimate of drug-likeness (QED) is 0.780. The SMILES string of the molecule is CSCC(C)NS(=O)(=O)c1ccccc1C#CCCO. The fraction of sp³-hybridized carbons (Fsp3) is 0.429. The van der Waals surface area contributed by atoms with Gasteiger partial charge in [0.15, 0.2) is 0 Å². The van der Waals surface area contributed by atoms with Gasteiger partial charge in [-0.1, -0.05) is 24.0 Å². The summed E-state index contributed by atoms with van der Waals surface area (Å²) in [4.78, 5) is 0.179. The fourth-order valence-electron chi connectivity index (χ4n) is 1.63. The second-order valence-electron chi connectivity index (χ2n) is 4.25. The highest BCUT2D eigenvalue weighted by Crippen LogP contribution is 2.15. The molecule has 0 aromatic heterocycles. The zero-order valence-electron chi connectivity index (χ0n) is 11.6. The lowest BCUT2D eigenvalue weighted by Gasteiger charge is -2.13. The summed E-state index contributed by atoms with van der Waals surface area (Å²) in [5.41, 5.74) is 0.449. The molecule has 6 heteroatoms. The van der Waals surface area contributed by atoms with E-state index in [9.17, 15) is 8.42 Å². The third-order valence-corrected chi connectivity index (χ3v) is 4.89. The minimum atomic E-state index is -3.58. The van der Waals surface area contributed by atoms with Crippen LogP contribution in [0.15, 0.2) is 29.2 Å². The maximum absolute atomic E-state index is 12.3. The van der Waals surface area contributed by atoms with E-state index in [1.54, 1.807) is 30.0 Å². The van der Waals surface area contributed by atoms with Gasteiger partial charge in [0.2, 0.25) is 10.0 Å². The Morgan fingerprint density at radius 1 is 1.40 bits per heavy atom. The van der Waals surface area contributed by atoms with Gasteiger partial charge in [-0.15, -0.1) is 0 Å². The van der Waals surface area contributed by atoms with Gasteiger partial charge in [-0.05, 0) is 25.3 Å². The van der Waals surface area contributed by atoms with E-state index >= 15 is 0 Å². The molecule has 0 bridgehead atoms. The van der Waals surface area contributed by atoms with Crippen molar-refractivity contribution < 1.29 is 13.5 Å². The first kappa shape index (κ1) is 17.1. The molecular weight excluding hydrogens is 294 g/mol. The number of hydrogen-bond acceptors (Lipinski definition) is 4. The summed E-state index contributed by atoms with van der Waals surface area (Å²) in [6.07, 6.45) is 2.25. The molecule has 0 heterocycles. The number of rotatable bonds is 6. The Kier molecular flexibility index (Phi) is 7.10. The Hall–Kier alpha value is -1.00. The van der Waals surface area contributed by atoms with Crippen molar-refractivity contribution in [3.63, 3.8) is 0 Å². The highest BCUT2D eigenvalue weighted by atomic mass is 32.2. The lowest BCUT2D eigenvalue weighted by molar-refractivity contribution is 0.305. The van der Waals surface area contributed by atoms with Crippen LogP contribution in [0, 0.1) is 11.8 Å². The van der Waals surface area contributed by atoms with E-state index in [1.165, 1.54) is 6.07 Å².